The van der Waals surface area contributed by atoms with Crippen molar-refractivity contribution in [1.29, 1.82) is 0 Å². The minimum Gasteiger partial charge on any atom is -0.382 e. The van der Waals surface area contributed by atoms with E-state index in [0.29, 0.717) is 36.7 Å². The van der Waals surface area contributed by atoms with Crippen molar-refractivity contribution in [2.75, 3.05) is 69.9 Å². The Labute approximate surface area is 239 Å². The second-order valence-electron chi connectivity index (χ2n) is 10.4. The lowest BCUT2D eigenvalue weighted by atomic mass is 10.1. The fourth-order valence-corrected chi connectivity index (χ4v) is 5.24. The number of hydrogen-bond donors (Lipinski definition) is 1. The molecule has 2 aromatic heterocycles. The summed E-state index contributed by atoms with van der Waals surface area (Å²) in [5.41, 5.74) is 3.13. The first-order valence-electron chi connectivity index (χ1n) is 14.0. The first kappa shape index (κ1) is 28.8. The third kappa shape index (κ3) is 6.64. The fourth-order valence-electron chi connectivity index (χ4n) is 5.24. The van der Waals surface area contributed by atoms with Gasteiger partial charge in [0.25, 0.3) is 0 Å². The van der Waals surface area contributed by atoms with Gasteiger partial charge in [0, 0.05) is 62.8 Å². The highest BCUT2D eigenvalue weighted by atomic mass is 19.1. The number of fused-ring (bicyclic) bond motifs is 1. The van der Waals surface area contributed by atoms with E-state index in [1.165, 1.54) is 6.07 Å². The molecule has 1 N–H and O–H groups in total. The van der Waals surface area contributed by atoms with E-state index in [-0.39, 0.29) is 23.2 Å². The van der Waals surface area contributed by atoms with E-state index < -0.39 is 11.6 Å². The van der Waals surface area contributed by atoms with Crippen LogP contribution in [0.1, 0.15) is 25.7 Å². The summed E-state index contributed by atoms with van der Waals surface area (Å²) in [7, 11) is 1.67. The van der Waals surface area contributed by atoms with Gasteiger partial charge in [-0.3, -0.25) is 4.90 Å². The molecule has 4 aromatic rings. The Balaban J connectivity index is 1.25. The van der Waals surface area contributed by atoms with Gasteiger partial charge in [-0.2, -0.15) is 0 Å². The van der Waals surface area contributed by atoms with Crippen LogP contribution in [0.3, 0.4) is 0 Å². The van der Waals surface area contributed by atoms with Crippen molar-refractivity contribution in [3.63, 3.8) is 0 Å². The van der Waals surface area contributed by atoms with Gasteiger partial charge in [0.15, 0.2) is 11.6 Å². The minimum absolute atomic E-state index is 0.0241. The van der Waals surface area contributed by atoms with Gasteiger partial charge in [-0.05, 0) is 57.2 Å². The smallest absolute Gasteiger partial charge is 0.227 e. The zero-order valence-electron chi connectivity index (χ0n) is 24.0. The van der Waals surface area contributed by atoms with Crippen LogP contribution < -0.4 is 10.2 Å². The summed E-state index contributed by atoms with van der Waals surface area (Å²) < 4.78 is 42.4. The summed E-state index contributed by atoms with van der Waals surface area (Å²) in [6.45, 7) is 12.5. The Morgan fingerprint density at radius 3 is 2.41 bits per heavy atom. The summed E-state index contributed by atoms with van der Waals surface area (Å²) in [4.78, 5) is 17.6. The van der Waals surface area contributed by atoms with E-state index in [4.69, 9.17) is 9.47 Å². The van der Waals surface area contributed by atoms with Crippen molar-refractivity contribution in [3.8, 4) is 11.3 Å². The number of aryl methyl sites for hydroxylation is 1. The monoisotopic (exact) mass is 565 g/mol. The van der Waals surface area contributed by atoms with Gasteiger partial charge in [-0.15, -0.1) is 0 Å². The Hall–Kier alpha value is -3.67. The van der Waals surface area contributed by atoms with Crippen LogP contribution in [0.2, 0.25) is 0 Å². The normalized spacial score (nSPS) is 14.4. The highest BCUT2D eigenvalue weighted by molar-refractivity contribution is 5.83. The predicted octanol–water partition coefficient (Wildman–Crippen LogP) is 5.19. The molecular weight excluding hydrogens is 528 g/mol. The topological polar surface area (TPSA) is 80.6 Å². The van der Waals surface area contributed by atoms with Crippen LogP contribution >= 0.6 is 0 Å². The summed E-state index contributed by atoms with van der Waals surface area (Å²) in [5, 5.41) is 3.15. The lowest BCUT2D eigenvalue weighted by Gasteiger charge is -2.36. The molecule has 11 heteroatoms. The van der Waals surface area contributed by atoms with Gasteiger partial charge in [0.1, 0.15) is 17.0 Å². The largest absolute Gasteiger partial charge is 0.382 e. The fraction of sp³-hybridized carbons (Fsp3) is 0.433. The van der Waals surface area contributed by atoms with E-state index in [2.05, 4.69) is 42.2 Å². The number of nitrogens with one attached hydrogen (secondary N) is 1. The molecule has 0 radical (unpaired) electrons. The maximum absolute atomic E-state index is 15.0. The molecule has 1 fully saturated rings. The van der Waals surface area contributed by atoms with Crippen molar-refractivity contribution in [2.45, 2.75) is 26.8 Å². The van der Waals surface area contributed by atoms with Crippen molar-refractivity contribution in [3.05, 3.63) is 60.1 Å². The molecule has 218 valence electrons. The molecule has 5 rings (SSSR count). The molecule has 0 saturated carbocycles. The van der Waals surface area contributed by atoms with Gasteiger partial charge in [0.2, 0.25) is 5.95 Å². The predicted molar refractivity (Wildman–Crippen MR) is 157 cm³/mol. The quantitative estimate of drug-likeness (QED) is 0.249. The maximum Gasteiger partial charge on any atom is 0.227 e. The van der Waals surface area contributed by atoms with E-state index in [1.807, 2.05) is 37.5 Å². The minimum atomic E-state index is -0.627. The molecule has 0 aliphatic carbocycles. The first-order chi connectivity index (χ1) is 19.8. The molecule has 1 aliphatic rings. The van der Waals surface area contributed by atoms with Crippen molar-refractivity contribution in [1.82, 2.24) is 24.4 Å². The lowest BCUT2D eigenvalue weighted by Crippen LogP contribution is -2.47. The Kier molecular flexibility index (Phi) is 9.06. The summed E-state index contributed by atoms with van der Waals surface area (Å²) in [5.74, 6) is -0.216. The SMILES string of the molecule is COCCOCCN1CCN(c2ccc(Nc3ncc(F)c(-c4cc(F)c5nc(C)n(C(C)C)c5c4)n3)cc2)CC1. The van der Waals surface area contributed by atoms with Crippen molar-refractivity contribution in [2.24, 2.45) is 0 Å². The molecule has 0 spiro atoms. The molecular formula is C30H37F2N7O2. The zero-order chi connectivity index (χ0) is 28.9. The Morgan fingerprint density at radius 1 is 0.951 bits per heavy atom. The van der Waals surface area contributed by atoms with E-state index in [0.717, 1.165) is 50.3 Å². The number of ether oxygens (including phenoxy) is 2. The maximum atomic E-state index is 15.0. The molecule has 0 unspecified atom stereocenters. The number of piperazine rings is 1. The number of halogens is 2. The van der Waals surface area contributed by atoms with Crippen LogP contribution in [0.4, 0.5) is 26.1 Å². The molecule has 1 aliphatic heterocycles. The lowest BCUT2D eigenvalue weighted by molar-refractivity contribution is 0.0563. The van der Waals surface area contributed by atoms with E-state index >= 15 is 4.39 Å². The van der Waals surface area contributed by atoms with Crippen LogP contribution in [0.25, 0.3) is 22.3 Å². The van der Waals surface area contributed by atoms with Gasteiger partial charge < -0.3 is 24.3 Å². The summed E-state index contributed by atoms with van der Waals surface area (Å²) in [6, 6.07) is 11.1. The van der Waals surface area contributed by atoms with E-state index in [9.17, 15) is 4.39 Å². The number of imidazole rings is 1. The van der Waals surface area contributed by atoms with Crippen LogP contribution in [-0.4, -0.2) is 84.1 Å². The number of methoxy groups -OCH3 is 1. The third-order valence-electron chi connectivity index (χ3n) is 7.30. The Morgan fingerprint density at radius 2 is 1.71 bits per heavy atom. The molecule has 9 nitrogen and oxygen atoms in total. The second kappa shape index (κ2) is 12.9. The standard InChI is InChI=1S/C30H37F2N7O2/c1-20(2)39-21(3)34-29-25(31)17-22(18-27(29)39)28-26(32)19-33-30(36-28)35-23-5-7-24(8-6-23)38-11-9-37(10-12-38)13-14-41-16-15-40-4/h5-8,17-20H,9-16H2,1-4H3,(H,33,35,36). The summed E-state index contributed by atoms with van der Waals surface area (Å²) >= 11 is 0. The molecule has 0 bridgehead atoms. The van der Waals surface area contributed by atoms with Crippen molar-refractivity contribution < 1.29 is 18.3 Å². The Bertz CT molecular complexity index is 1470. The third-order valence-corrected chi connectivity index (χ3v) is 7.30. The van der Waals surface area contributed by atoms with Crippen LogP contribution in [-0.2, 0) is 9.47 Å². The highest BCUT2D eigenvalue weighted by Crippen LogP contribution is 2.30. The molecule has 3 heterocycles. The van der Waals surface area contributed by atoms with E-state index in [1.54, 1.807) is 13.2 Å². The molecule has 0 atom stereocenters. The van der Waals surface area contributed by atoms with Gasteiger partial charge in [-0.1, -0.05) is 0 Å². The average molecular weight is 566 g/mol. The van der Waals surface area contributed by atoms with Crippen LogP contribution in [0.15, 0.2) is 42.6 Å². The number of nitrogens with zero attached hydrogens (tertiary/aromatic N) is 6. The van der Waals surface area contributed by atoms with Crippen LogP contribution in [0, 0.1) is 18.6 Å². The van der Waals surface area contributed by atoms with Gasteiger partial charge in [0.05, 0.1) is 31.5 Å². The molecule has 2 aromatic carbocycles. The number of benzene rings is 2. The van der Waals surface area contributed by atoms with Gasteiger partial charge in [-0.25, -0.2) is 23.7 Å². The number of aromatic nitrogens is 4. The highest BCUT2D eigenvalue weighted by Gasteiger charge is 2.19. The second-order valence-corrected chi connectivity index (χ2v) is 10.4. The molecule has 1 saturated heterocycles. The average Bonchev–Trinajstić information content (AvgIpc) is 3.31. The number of rotatable bonds is 11. The zero-order valence-corrected chi connectivity index (χ0v) is 24.0. The van der Waals surface area contributed by atoms with Crippen molar-refractivity contribution >= 4 is 28.4 Å². The van der Waals surface area contributed by atoms with Crippen LogP contribution in [0.5, 0.6) is 0 Å². The summed E-state index contributed by atoms with van der Waals surface area (Å²) in [6.07, 6.45) is 1.11. The molecule has 41 heavy (non-hydrogen) atoms. The number of hydrogen-bond acceptors (Lipinski definition) is 8. The first-order valence-corrected chi connectivity index (χ1v) is 14.0. The van der Waals surface area contributed by atoms with Gasteiger partial charge >= 0.3 is 0 Å². The molecule has 0 amide bonds. The number of anilines is 3.